The lowest BCUT2D eigenvalue weighted by atomic mass is 9.88. The minimum atomic E-state index is -0.991. The number of nitrogens with one attached hydrogen (secondary N) is 2. The topological polar surface area (TPSA) is 129 Å². The van der Waals surface area contributed by atoms with E-state index in [-0.39, 0.29) is 35.8 Å². The normalized spacial score (nSPS) is 10.8. The quantitative estimate of drug-likeness (QED) is 0.217. The summed E-state index contributed by atoms with van der Waals surface area (Å²) in [7, 11) is 1.31. The Morgan fingerprint density at radius 1 is 0.744 bits per heavy atom. The number of carbonyl (C=O) groups is 2. The van der Waals surface area contributed by atoms with Crippen molar-refractivity contribution in [3.05, 3.63) is 116 Å². The molecule has 10 heteroatoms. The van der Waals surface area contributed by atoms with Crippen molar-refractivity contribution >= 4 is 11.9 Å². The number of ether oxygens (including phenoxy) is 1. The van der Waals surface area contributed by atoms with Gasteiger partial charge in [0.1, 0.15) is 11.6 Å². The number of H-pyrrole nitrogens is 2. The number of aliphatic carboxylic acids is 1. The summed E-state index contributed by atoms with van der Waals surface area (Å²) in [6, 6.07) is 11.5. The van der Waals surface area contributed by atoms with Gasteiger partial charge < -0.3 is 19.8 Å². The molecule has 4 aromatic rings. The van der Waals surface area contributed by atoms with Crippen molar-refractivity contribution in [1.29, 1.82) is 0 Å². The zero-order valence-corrected chi connectivity index (χ0v) is 24.6. The molecule has 0 fully saturated rings. The van der Waals surface area contributed by atoms with E-state index in [1.165, 1.54) is 55.9 Å². The summed E-state index contributed by atoms with van der Waals surface area (Å²) >= 11 is 0. The van der Waals surface area contributed by atoms with Crippen LogP contribution in [0.5, 0.6) is 0 Å². The van der Waals surface area contributed by atoms with Crippen LogP contribution >= 0.6 is 0 Å². The fourth-order valence-corrected chi connectivity index (χ4v) is 4.85. The zero-order valence-electron chi connectivity index (χ0n) is 24.6. The summed E-state index contributed by atoms with van der Waals surface area (Å²) in [6.07, 6.45) is 2.78. The van der Waals surface area contributed by atoms with Crippen molar-refractivity contribution in [2.45, 2.75) is 52.4 Å². The van der Waals surface area contributed by atoms with Gasteiger partial charge in [-0.3, -0.25) is 19.2 Å². The molecule has 4 rings (SSSR count). The largest absolute Gasteiger partial charge is 0.481 e. The van der Waals surface area contributed by atoms with Crippen LogP contribution in [0.15, 0.2) is 70.5 Å². The second-order valence-corrected chi connectivity index (χ2v) is 10.6. The van der Waals surface area contributed by atoms with E-state index in [9.17, 15) is 28.0 Å². The molecule has 2 heterocycles. The number of hydrogen-bond donors (Lipinski definition) is 3. The molecule has 8 nitrogen and oxygen atoms in total. The molecule has 43 heavy (non-hydrogen) atoms. The molecule has 0 radical (unpaired) electrons. The molecule has 226 valence electrons. The van der Waals surface area contributed by atoms with Gasteiger partial charge in [0.05, 0.1) is 20.0 Å². The summed E-state index contributed by atoms with van der Waals surface area (Å²) in [5.74, 6) is -2.21. The highest BCUT2D eigenvalue weighted by Gasteiger charge is 2.19. The van der Waals surface area contributed by atoms with Gasteiger partial charge in [-0.2, -0.15) is 0 Å². The van der Waals surface area contributed by atoms with Crippen molar-refractivity contribution in [2.75, 3.05) is 7.11 Å². The van der Waals surface area contributed by atoms with Crippen LogP contribution in [0, 0.1) is 11.6 Å². The third-order valence-corrected chi connectivity index (χ3v) is 6.79. The maximum atomic E-state index is 14.0. The second-order valence-electron chi connectivity index (χ2n) is 10.6. The Balaban J connectivity index is 0.000000236. The number of aromatic amines is 2. The molecule has 2 aromatic carbocycles. The van der Waals surface area contributed by atoms with Crippen molar-refractivity contribution in [1.82, 2.24) is 9.97 Å². The van der Waals surface area contributed by atoms with Crippen LogP contribution in [0.4, 0.5) is 8.78 Å². The maximum Gasteiger partial charge on any atom is 0.310 e. The van der Waals surface area contributed by atoms with Gasteiger partial charge in [-0.05, 0) is 92.7 Å². The first-order valence-corrected chi connectivity index (χ1v) is 13.6. The number of carboxylic acids is 1. The van der Waals surface area contributed by atoms with Gasteiger partial charge in [0, 0.05) is 24.5 Å². The van der Waals surface area contributed by atoms with Crippen LogP contribution in [-0.4, -0.2) is 34.1 Å². The number of pyridine rings is 2. The summed E-state index contributed by atoms with van der Waals surface area (Å²) in [6.45, 7) is 7.61. The maximum absolute atomic E-state index is 14.0. The lowest BCUT2D eigenvalue weighted by Crippen LogP contribution is -2.11. The summed E-state index contributed by atoms with van der Waals surface area (Å²) in [5, 5.41) is 9.11. The van der Waals surface area contributed by atoms with Crippen LogP contribution in [0.1, 0.15) is 61.8 Å². The molecule has 0 aliphatic carbocycles. The summed E-state index contributed by atoms with van der Waals surface area (Å²) in [5.41, 5.74) is 4.10. The molecule has 0 unspecified atom stereocenters. The molecule has 3 N–H and O–H groups in total. The molecule has 0 saturated carbocycles. The Labute approximate surface area is 247 Å². The number of carbonyl (C=O) groups excluding carboxylic acids is 1. The number of carboxylic acid groups (broad SMARTS) is 1. The molecule has 0 spiro atoms. The second kappa shape index (κ2) is 14.4. The van der Waals surface area contributed by atoms with E-state index in [0.717, 1.165) is 5.56 Å². The van der Waals surface area contributed by atoms with Crippen LogP contribution in [0.3, 0.4) is 0 Å². The fraction of sp³-hybridized carbons (Fsp3) is 0.273. The minimum absolute atomic E-state index is 0.0178. The minimum Gasteiger partial charge on any atom is -0.481 e. The lowest BCUT2D eigenvalue weighted by molar-refractivity contribution is -0.140. The van der Waals surface area contributed by atoms with Crippen molar-refractivity contribution in [2.24, 2.45) is 0 Å². The predicted molar refractivity (Wildman–Crippen MR) is 160 cm³/mol. The van der Waals surface area contributed by atoms with Crippen LogP contribution in [0.25, 0.3) is 22.3 Å². The van der Waals surface area contributed by atoms with E-state index in [1.807, 2.05) is 27.7 Å². The van der Waals surface area contributed by atoms with Crippen LogP contribution in [0.2, 0.25) is 0 Å². The van der Waals surface area contributed by atoms with Gasteiger partial charge in [0.2, 0.25) is 11.1 Å². The Morgan fingerprint density at radius 3 is 1.51 bits per heavy atom. The highest BCUT2D eigenvalue weighted by Crippen LogP contribution is 2.33. The zero-order chi connectivity index (χ0) is 31.8. The smallest absolute Gasteiger partial charge is 0.310 e. The lowest BCUT2D eigenvalue weighted by Gasteiger charge is -2.17. The Morgan fingerprint density at radius 2 is 1.16 bits per heavy atom. The Hall–Kier alpha value is -4.86. The number of rotatable bonds is 8. The van der Waals surface area contributed by atoms with Gasteiger partial charge in [-0.25, -0.2) is 8.78 Å². The van der Waals surface area contributed by atoms with Crippen LogP contribution in [-0.2, 0) is 27.2 Å². The van der Waals surface area contributed by atoms with Crippen molar-refractivity contribution in [3.63, 3.8) is 0 Å². The number of benzene rings is 2. The van der Waals surface area contributed by atoms with Gasteiger partial charge in [-0.1, -0.05) is 27.7 Å². The number of methoxy groups -OCH3 is 1. The highest BCUT2D eigenvalue weighted by atomic mass is 19.1. The molecule has 0 saturated heterocycles. The van der Waals surface area contributed by atoms with Crippen LogP contribution < -0.4 is 11.1 Å². The van der Waals surface area contributed by atoms with Crippen molar-refractivity contribution < 1.29 is 28.2 Å². The Bertz CT molecular complexity index is 1740. The monoisotopic (exact) mass is 592 g/mol. The third kappa shape index (κ3) is 8.57. The van der Waals surface area contributed by atoms with Crippen molar-refractivity contribution in [3.8, 4) is 22.3 Å². The first-order valence-electron chi connectivity index (χ1n) is 13.6. The molecule has 0 amide bonds. The first-order chi connectivity index (χ1) is 20.3. The van der Waals surface area contributed by atoms with Gasteiger partial charge >= 0.3 is 11.9 Å². The highest BCUT2D eigenvalue weighted by molar-refractivity contribution is 5.79. The molecule has 0 aliphatic heterocycles. The Kier molecular flexibility index (Phi) is 10.9. The van der Waals surface area contributed by atoms with Gasteiger partial charge in [-0.15, -0.1) is 0 Å². The summed E-state index contributed by atoms with van der Waals surface area (Å²) in [4.78, 5) is 50.8. The molecule has 2 aromatic heterocycles. The SMILES string of the molecule is CC(C)c1cc(F)cc(-c2cc[nH]c(=O)c2)c1CC(=O)O.COC(=O)Cc1c(-c2cc[nH]c(=O)c2)cc(F)cc1C(C)C. The average molecular weight is 593 g/mol. The van der Waals surface area contributed by atoms with E-state index in [2.05, 4.69) is 9.97 Å². The number of esters is 1. The standard InChI is InChI=1S/C17H18FNO3.C16H16FNO3/c1-10(2)13-7-12(18)8-14(15(13)9-17(21)22-3)11-4-5-19-16(20)6-11;1-9(2)12-6-11(17)7-13(14(12)8-16(20)21)10-3-4-18-15(19)5-10/h4-8,10H,9H2,1-3H3,(H,19,20);3-7,9H,8H2,1-2H3,(H,18,19)(H,20,21). The summed E-state index contributed by atoms with van der Waals surface area (Å²) < 4.78 is 32.6. The van der Waals surface area contributed by atoms with Gasteiger partial charge in [0.15, 0.2) is 0 Å². The fourth-order valence-electron chi connectivity index (χ4n) is 4.85. The predicted octanol–water partition coefficient (Wildman–Crippen LogP) is 5.95. The third-order valence-electron chi connectivity index (χ3n) is 6.79. The van der Waals surface area contributed by atoms with E-state index in [4.69, 9.17) is 9.84 Å². The molecule has 0 aliphatic rings. The van der Waals surface area contributed by atoms with E-state index >= 15 is 0 Å². The van der Waals surface area contributed by atoms with Gasteiger partial charge in [0.25, 0.3) is 0 Å². The van der Waals surface area contributed by atoms with E-state index < -0.39 is 23.6 Å². The molecule has 0 bridgehead atoms. The average Bonchev–Trinajstić information content (AvgIpc) is 2.94. The molecule has 0 atom stereocenters. The molecular weight excluding hydrogens is 558 g/mol. The van der Waals surface area contributed by atoms with E-state index in [0.29, 0.717) is 38.9 Å². The van der Waals surface area contributed by atoms with E-state index in [1.54, 1.807) is 12.1 Å². The molecular formula is C33H34F2N2O6. The number of hydrogen-bond acceptors (Lipinski definition) is 5. The first kappa shape index (κ1) is 32.7. The number of aromatic nitrogens is 2. The number of halogens is 2.